The Morgan fingerprint density at radius 2 is 1.81 bits per heavy atom. The quantitative estimate of drug-likeness (QED) is 0.617. The van der Waals surface area contributed by atoms with Crippen LogP contribution in [-0.2, 0) is 4.79 Å². The van der Waals surface area contributed by atoms with Crippen LogP contribution < -0.4 is 21.3 Å². The third kappa shape index (κ3) is 4.98. The molecule has 1 saturated heterocycles. The molecule has 2 aromatic carbocycles. The number of primary amides is 1. The molecule has 0 aromatic heterocycles. The molecule has 7 heteroatoms. The Hall–Kier alpha value is -3.06. The normalized spacial score (nSPS) is 14.6. The lowest BCUT2D eigenvalue weighted by atomic mass is 10.1. The van der Waals surface area contributed by atoms with Crippen LogP contribution in [0, 0.1) is 0 Å². The predicted octanol–water partition coefficient (Wildman–Crippen LogP) is 1.59. The van der Waals surface area contributed by atoms with E-state index in [9.17, 15) is 9.59 Å². The Morgan fingerprint density at radius 1 is 1.07 bits per heavy atom. The van der Waals surface area contributed by atoms with Crippen LogP contribution in [-0.4, -0.2) is 56.5 Å². The number of carbonyl (C=O) groups excluding carboxylic acids is 2. The van der Waals surface area contributed by atoms with Gasteiger partial charge in [-0.15, -0.1) is 0 Å². The molecule has 3 rings (SSSR count). The highest BCUT2D eigenvalue weighted by molar-refractivity contribution is 6.00. The Kier molecular flexibility index (Phi) is 6.27. The van der Waals surface area contributed by atoms with Crippen molar-refractivity contribution in [2.75, 3.05) is 54.8 Å². The topological polar surface area (TPSA) is 90.7 Å². The van der Waals surface area contributed by atoms with Gasteiger partial charge in [-0.2, -0.15) is 0 Å². The number of amides is 2. The number of hydrogen-bond acceptors (Lipinski definition) is 5. The van der Waals surface area contributed by atoms with E-state index in [-0.39, 0.29) is 0 Å². The fourth-order valence-corrected chi connectivity index (χ4v) is 3.28. The number of piperazine rings is 1. The second kappa shape index (κ2) is 9.05. The van der Waals surface area contributed by atoms with E-state index in [0.717, 1.165) is 32.7 Å². The van der Waals surface area contributed by atoms with Crippen LogP contribution in [0.1, 0.15) is 10.4 Å². The lowest BCUT2D eigenvalue weighted by Crippen LogP contribution is -2.47. The molecule has 0 atom stereocenters. The Morgan fingerprint density at radius 3 is 2.48 bits per heavy atom. The number of para-hydroxylation sites is 1. The van der Waals surface area contributed by atoms with Crippen molar-refractivity contribution < 1.29 is 9.59 Å². The first kappa shape index (κ1) is 18.7. The van der Waals surface area contributed by atoms with E-state index in [1.807, 2.05) is 6.07 Å². The van der Waals surface area contributed by atoms with E-state index in [4.69, 9.17) is 5.73 Å². The molecule has 0 saturated carbocycles. The van der Waals surface area contributed by atoms with Gasteiger partial charge in [-0.3, -0.25) is 14.5 Å². The maximum atomic E-state index is 11.7. The highest BCUT2D eigenvalue weighted by Crippen LogP contribution is 2.20. The third-order valence-electron chi connectivity index (χ3n) is 4.75. The molecule has 0 unspecified atom stereocenters. The van der Waals surface area contributed by atoms with Crippen molar-refractivity contribution in [3.63, 3.8) is 0 Å². The summed E-state index contributed by atoms with van der Waals surface area (Å²) >= 11 is 0. The largest absolute Gasteiger partial charge is 0.383 e. The first-order valence-corrected chi connectivity index (χ1v) is 9.07. The van der Waals surface area contributed by atoms with Gasteiger partial charge in [-0.05, 0) is 30.3 Å². The fourth-order valence-electron chi connectivity index (χ4n) is 3.28. The molecule has 1 aliphatic rings. The third-order valence-corrected chi connectivity index (χ3v) is 4.75. The Balaban J connectivity index is 1.49. The van der Waals surface area contributed by atoms with E-state index in [1.165, 1.54) is 5.69 Å². The standard InChI is InChI=1S/C20H25N5O2/c21-20(27)18-14-16(23-15-26)6-7-19(18)22-8-9-24-10-12-25(13-11-24)17-4-2-1-3-5-17/h1-7,14-15,22H,8-13H2,(H2,21,27)(H,23,26). The van der Waals surface area contributed by atoms with Crippen molar-refractivity contribution in [2.45, 2.75) is 0 Å². The van der Waals surface area contributed by atoms with E-state index in [2.05, 4.69) is 44.7 Å². The number of nitrogens with two attached hydrogens (primary N) is 1. The minimum Gasteiger partial charge on any atom is -0.383 e. The molecule has 0 spiro atoms. The fraction of sp³-hybridized carbons (Fsp3) is 0.300. The van der Waals surface area contributed by atoms with Crippen LogP contribution in [0.3, 0.4) is 0 Å². The van der Waals surface area contributed by atoms with Gasteiger partial charge in [-0.25, -0.2) is 0 Å². The summed E-state index contributed by atoms with van der Waals surface area (Å²) in [4.78, 5) is 27.0. The lowest BCUT2D eigenvalue weighted by Gasteiger charge is -2.36. The molecule has 7 nitrogen and oxygen atoms in total. The van der Waals surface area contributed by atoms with Crippen LogP contribution in [0.5, 0.6) is 0 Å². The zero-order valence-electron chi connectivity index (χ0n) is 15.2. The number of anilines is 3. The zero-order chi connectivity index (χ0) is 19.1. The average molecular weight is 367 g/mol. The highest BCUT2D eigenvalue weighted by atomic mass is 16.1. The molecule has 142 valence electrons. The van der Waals surface area contributed by atoms with Crippen molar-refractivity contribution in [3.8, 4) is 0 Å². The highest BCUT2D eigenvalue weighted by Gasteiger charge is 2.17. The predicted molar refractivity (Wildman–Crippen MR) is 108 cm³/mol. The van der Waals surface area contributed by atoms with Crippen molar-refractivity contribution in [2.24, 2.45) is 5.73 Å². The maximum Gasteiger partial charge on any atom is 0.250 e. The zero-order valence-corrected chi connectivity index (χ0v) is 15.2. The molecule has 1 heterocycles. The summed E-state index contributed by atoms with van der Waals surface area (Å²) in [6.07, 6.45) is 0.572. The van der Waals surface area contributed by atoms with Crippen LogP contribution in [0.2, 0.25) is 0 Å². The summed E-state index contributed by atoms with van der Waals surface area (Å²) in [6, 6.07) is 15.5. The van der Waals surface area contributed by atoms with Gasteiger partial charge in [0.25, 0.3) is 5.91 Å². The van der Waals surface area contributed by atoms with E-state index in [1.54, 1.807) is 18.2 Å². The number of benzene rings is 2. The summed E-state index contributed by atoms with van der Waals surface area (Å²) in [6.45, 7) is 5.61. The minimum atomic E-state index is -0.525. The van der Waals surface area contributed by atoms with Gasteiger partial charge in [0, 0.05) is 56.3 Å². The van der Waals surface area contributed by atoms with Gasteiger partial charge in [0.15, 0.2) is 0 Å². The number of rotatable bonds is 8. The molecule has 0 radical (unpaired) electrons. The molecule has 1 aliphatic heterocycles. The smallest absolute Gasteiger partial charge is 0.250 e. The van der Waals surface area contributed by atoms with Crippen LogP contribution in [0.25, 0.3) is 0 Å². The second-order valence-corrected chi connectivity index (χ2v) is 6.48. The molecule has 2 amide bonds. The molecule has 27 heavy (non-hydrogen) atoms. The number of nitrogens with zero attached hydrogens (tertiary/aromatic N) is 2. The van der Waals surface area contributed by atoms with Crippen LogP contribution >= 0.6 is 0 Å². The number of carbonyl (C=O) groups is 2. The van der Waals surface area contributed by atoms with E-state index >= 15 is 0 Å². The molecule has 4 N–H and O–H groups in total. The summed E-state index contributed by atoms with van der Waals surface area (Å²) < 4.78 is 0. The van der Waals surface area contributed by atoms with Gasteiger partial charge in [0.2, 0.25) is 6.41 Å². The maximum absolute atomic E-state index is 11.7. The number of nitrogens with one attached hydrogen (secondary N) is 2. The summed E-state index contributed by atoms with van der Waals surface area (Å²) in [5, 5.41) is 5.81. The van der Waals surface area contributed by atoms with Crippen molar-refractivity contribution in [1.82, 2.24) is 4.90 Å². The summed E-state index contributed by atoms with van der Waals surface area (Å²) in [5.74, 6) is -0.525. The SMILES string of the molecule is NC(=O)c1cc(NC=O)ccc1NCCN1CCN(c2ccccc2)CC1. The number of hydrogen-bond donors (Lipinski definition) is 3. The monoisotopic (exact) mass is 367 g/mol. The van der Waals surface area contributed by atoms with Gasteiger partial charge in [0.1, 0.15) is 0 Å². The summed E-state index contributed by atoms with van der Waals surface area (Å²) in [5.41, 5.74) is 8.32. The van der Waals surface area contributed by atoms with E-state index in [0.29, 0.717) is 29.9 Å². The first-order valence-electron chi connectivity index (χ1n) is 9.07. The van der Waals surface area contributed by atoms with Crippen LogP contribution in [0.4, 0.5) is 17.1 Å². The molecular weight excluding hydrogens is 342 g/mol. The Labute approximate surface area is 159 Å². The van der Waals surface area contributed by atoms with Gasteiger partial charge in [0.05, 0.1) is 5.56 Å². The molecular formula is C20H25N5O2. The minimum absolute atomic E-state index is 0.371. The second-order valence-electron chi connectivity index (χ2n) is 6.48. The molecule has 1 fully saturated rings. The molecule has 0 aliphatic carbocycles. The van der Waals surface area contributed by atoms with Crippen molar-refractivity contribution >= 4 is 29.4 Å². The van der Waals surface area contributed by atoms with E-state index < -0.39 is 5.91 Å². The van der Waals surface area contributed by atoms with Gasteiger partial charge >= 0.3 is 0 Å². The van der Waals surface area contributed by atoms with Crippen LogP contribution in [0.15, 0.2) is 48.5 Å². The van der Waals surface area contributed by atoms with Crippen molar-refractivity contribution in [1.29, 1.82) is 0 Å². The Bertz CT molecular complexity index is 773. The van der Waals surface area contributed by atoms with Crippen molar-refractivity contribution in [3.05, 3.63) is 54.1 Å². The lowest BCUT2D eigenvalue weighted by molar-refractivity contribution is -0.105. The van der Waals surface area contributed by atoms with Gasteiger partial charge < -0.3 is 21.3 Å². The summed E-state index contributed by atoms with van der Waals surface area (Å²) in [7, 11) is 0. The van der Waals surface area contributed by atoms with Gasteiger partial charge in [-0.1, -0.05) is 18.2 Å². The molecule has 2 aromatic rings. The first-order chi connectivity index (χ1) is 13.2. The average Bonchev–Trinajstić information content (AvgIpc) is 2.70. The molecule has 0 bridgehead atoms.